The van der Waals surface area contributed by atoms with Crippen LogP contribution in [0.5, 0.6) is 0 Å². The van der Waals surface area contributed by atoms with E-state index in [2.05, 4.69) is 4.98 Å². The van der Waals surface area contributed by atoms with Gasteiger partial charge in [-0.2, -0.15) is 0 Å². The molecule has 2 aromatic heterocycles. The Balaban J connectivity index is 1.68. The van der Waals surface area contributed by atoms with Gasteiger partial charge in [0.2, 0.25) is 0 Å². The monoisotopic (exact) mass is 425 g/mol. The number of benzene rings is 3. The Kier molecular flexibility index (Phi) is 4.92. The molecule has 31 heavy (non-hydrogen) atoms. The van der Waals surface area contributed by atoms with Crippen LogP contribution in [-0.4, -0.2) is 26.1 Å². The molecule has 6 heteroatoms. The highest BCUT2D eigenvalue weighted by Gasteiger charge is 2.19. The highest BCUT2D eigenvalue weighted by molar-refractivity contribution is 7.99. The average Bonchev–Trinajstić information content (AvgIpc) is 3.18. The summed E-state index contributed by atoms with van der Waals surface area (Å²) in [6, 6.07) is 24.6. The van der Waals surface area contributed by atoms with E-state index in [0.717, 1.165) is 22.2 Å². The molecule has 0 unspecified atom stereocenters. The number of hydrogen-bond donors (Lipinski definition) is 1. The van der Waals surface area contributed by atoms with Crippen molar-refractivity contribution in [3.05, 3.63) is 100 Å². The van der Waals surface area contributed by atoms with Crippen LogP contribution in [0, 0.1) is 6.92 Å². The molecule has 0 fully saturated rings. The number of aromatic amines is 1. The van der Waals surface area contributed by atoms with Gasteiger partial charge >= 0.3 is 0 Å². The minimum Gasteiger partial charge on any atom is -0.349 e. The van der Waals surface area contributed by atoms with E-state index in [1.54, 1.807) is 16.7 Å². The molecule has 0 atom stereocenters. The average molecular weight is 426 g/mol. The lowest BCUT2D eigenvalue weighted by Crippen LogP contribution is -2.23. The van der Waals surface area contributed by atoms with E-state index in [1.165, 1.54) is 11.8 Å². The maximum atomic E-state index is 13.6. The van der Waals surface area contributed by atoms with Crippen molar-refractivity contribution in [3.63, 3.8) is 0 Å². The van der Waals surface area contributed by atoms with Crippen LogP contribution in [0.25, 0.3) is 27.6 Å². The quantitative estimate of drug-likeness (QED) is 0.240. The molecule has 0 spiro atoms. The number of hydrogen-bond acceptors (Lipinski definition) is 4. The van der Waals surface area contributed by atoms with Crippen molar-refractivity contribution < 1.29 is 4.79 Å². The Bertz CT molecular complexity index is 1490. The molecule has 0 radical (unpaired) electrons. The van der Waals surface area contributed by atoms with Gasteiger partial charge in [0.15, 0.2) is 10.9 Å². The number of H-pyrrole nitrogens is 1. The van der Waals surface area contributed by atoms with Gasteiger partial charge in [-0.3, -0.25) is 14.2 Å². The summed E-state index contributed by atoms with van der Waals surface area (Å²) < 4.78 is 1.61. The first kappa shape index (κ1) is 19.3. The molecular weight excluding hydrogens is 406 g/mol. The number of ketones is 1. The van der Waals surface area contributed by atoms with Crippen molar-refractivity contribution in [1.29, 1.82) is 0 Å². The second kappa shape index (κ2) is 7.89. The summed E-state index contributed by atoms with van der Waals surface area (Å²) in [6.07, 6.45) is 0. The predicted octanol–water partition coefficient (Wildman–Crippen LogP) is 5.15. The summed E-state index contributed by atoms with van der Waals surface area (Å²) >= 11 is 1.28. The summed E-state index contributed by atoms with van der Waals surface area (Å²) in [5.74, 6) is 0.186. The van der Waals surface area contributed by atoms with Crippen LogP contribution in [0.4, 0.5) is 0 Å². The van der Waals surface area contributed by atoms with Crippen molar-refractivity contribution >= 4 is 39.5 Å². The molecule has 0 aliphatic heterocycles. The largest absolute Gasteiger partial charge is 0.349 e. The Morgan fingerprint density at radius 2 is 1.68 bits per heavy atom. The number of aryl methyl sites for hydroxylation is 1. The van der Waals surface area contributed by atoms with Gasteiger partial charge < -0.3 is 4.98 Å². The summed E-state index contributed by atoms with van der Waals surface area (Å²) in [5.41, 5.74) is 4.13. The fourth-order valence-corrected chi connectivity index (χ4v) is 4.60. The maximum Gasteiger partial charge on any atom is 0.283 e. The maximum absolute atomic E-state index is 13.6. The van der Waals surface area contributed by atoms with Crippen LogP contribution in [0.1, 0.15) is 15.9 Å². The van der Waals surface area contributed by atoms with Gasteiger partial charge in [0, 0.05) is 16.5 Å². The van der Waals surface area contributed by atoms with E-state index in [-0.39, 0.29) is 17.1 Å². The molecule has 5 aromatic rings. The van der Waals surface area contributed by atoms with Crippen LogP contribution >= 0.6 is 11.8 Å². The molecule has 2 heterocycles. The lowest BCUT2D eigenvalue weighted by molar-refractivity contribution is 0.102. The fourth-order valence-electron chi connectivity index (χ4n) is 3.70. The standard InChI is InChI=1S/C25H19N3O2S/c1-16-9-5-8-14-20(16)28-24(30)23-22(18-12-6-7-13-19(18)26-23)27-25(28)31-15-21(29)17-10-3-2-4-11-17/h2-14,26H,15H2,1H3. The van der Waals surface area contributed by atoms with E-state index in [9.17, 15) is 9.59 Å². The highest BCUT2D eigenvalue weighted by Crippen LogP contribution is 2.27. The third kappa shape index (κ3) is 3.45. The second-order valence-corrected chi connectivity index (χ2v) is 8.24. The highest BCUT2D eigenvalue weighted by atomic mass is 32.2. The van der Waals surface area contributed by atoms with Crippen LogP contribution in [0.3, 0.4) is 0 Å². The van der Waals surface area contributed by atoms with Crippen LogP contribution in [0.15, 0.2) is 88.8 Å². The Morgan fingerprint density at radius 3 is 2.48 bits per heavy atom. The number of aromatic nitrogens is 3. The van der Waals surface area contributed by atoms with Crippen LogP contribution in [-0.2, 0) is 0 Å². The minimum atomic E-state index is -0.176. The van der Waals surface area contributed by atoms with E-state index >= 15 is 0 Å². The first-order chi connectivity index (χ1) is 15.1. The van der Waals surface area contributed by atoms with Gasteiger partial charge in [0.25, 0.3) is 5.56 Å². The number of para-hydroxylation sites is 2. The van der Waals surface area contributed by atoms with Crippen molar-refractivity contribution in [2.75, 3.05) is 5.75 Å². The number of thioether (sulfide) groups is 1. The number of fused-ring (bicyclic) bond motifs is 3. The lowest BCUT2D eigenvalue weighted by Gasteiger charge is -2.14. The van der Waals surface area contributed by atoms with E-state index in [0.29, 0.717) is 21.8 Å². The first-order valence-electron chi connectivity index (χ1n) is 9.94. The van der Waals surface area contributed by atoms with Crippen LogP contribution in [0.2, 0.25) is 0 Å². The van der Waals surface area contributed by atoms with Crippen LogP contribution < -0.4 is 5.56 Å². The first-order valence-corrected chi connectivity index (χ1v) is 10.9. The number of nitrogens with zero attached hydrogens (tertiary/aromatic N) is 2. The third-order valence-electron chi connectivity index (χ3n) is 5.28. The molecule has 1 N–H and O–H groups in total. The Morgan fingerprint density at radius 1 is 0.968 bits per heavy atom. The second-order valence-electron chi connectivity index (χ2n) is 7.29. The number of carbonyl (C=O) groups excluding carboxylic acids is 1. The SMILES string of the molecule is Cc1ccccc1-n1c(SCC(=O)c2ccccc2)nc2c([nH]c3ccccc32)c1=O. The molecule has 5 rings (SSSR count). The van der Waals surface area contributed by atoms with Gasteiger partial charge in [-0.25, -0.2) is 4.98 Å². The molecule has 3 aromatic carbocycles. The molecule has 0 aliphatic carbocycles. The van der Waals surface area contributed by atoms with Crippen molar-refractivity contribution in [1.82, 2.24) is 14.5 Å². The summed E-state index contributed by atoms with van der Waals surface area (Å²) in [5, 5.41) is 1.39. The molecule has 0 bridgehead atoms. The van der Waals surface area contributed by atoms with Gasteiger partial charge in [-0.05, 0) is 24.6 Å². The number of nitrogens with one attached hydrogen (secondary N) is 1. The van der Waals surface area contributed by atoms with Gasteiger partial charge in [-0.15, -0.1) is 0 Å². The number of carbonyl (C=O) groups is 1. The zero-order chi connectivity index (χ0) is 21.4. The number of Topliss-reactive ketones (excluding diaryl/α,β-unsaturated/α-hetero) is 1. The van der Waals surface area contributed by atoms with Gasteiger partial charge in [0.1, 0.15) is 11.0 Å². The molecule has 0 saturated heterocycles. The van der Waals surface area contributed by atoms with E-state index < -0.39 is 0 Å². The van der Waals surface area contributed by atoms with E-state index in [4.69, 9.17) is 4.98 Å². The zero-order valence-corrected chi connectivity index (χ0v) is 17.6. The smallest absolute Gasteiger partial charge is 0.283 e. The fraction of sp³-hybridized carbons (Fsp3) is 0.0800. The lowest BCUT2D eigenvalue weighted by atomic mass is 10.2. The Hall–Kier alpha value is -3.64. The predicted molar refractivity (Wildman–Crippen MR) is 125 cm³/mol. The molecule has 0 amide bonds. The van der Waals surface area contributed by atoms with Gasteiger partial charge in [0.05, 0.1) is 11.4 Å². The molecule has 5 nitrogen and oxygen atoms in total. The normalized spacial score (nSPS) is 11.3. The summed E-state index contributed by atoms with van der Waals surface area (Å²) in [6.45, 7) is 1.96. The topological polar surface area (TPSA) is 67.8 Å². The Labute approximate surface area is 182 Å². The summed E-state index contributed by atoms with van der Waals surface area (Å²) in [7, 11) is 0. The van der Waals surface area contributed by atoms with Crippen molar-refractivity contribution in [2.45, 2.75) is 12.1 Å². The molecule has 152 valence electrons. The van der Waals surface area contributed by atoms with E-state index in [1.807, 2.05) is 73.7 Å². The third-order valence-corrected chi connectivity index (χ3v) is 6.22. The zero-order valence-electron chi connectivity index (χ0n) is 16.8. The molecule has 0 aliphatic rings. The minimum absolute atomic E-state index is 0.00444. The molecular formula is C25H19N3O2S. The van der Waals surface area contributed by atoms with Crippen molar-refractivity contribution in [3.8, 4) is 5.69 Å². The van der Waals surface area contributed by atoms with Crippen molar-refractivity contribution in [2.24, 2.45) is 0 Å². The van der Waals surface area contributed by atoms with Gasteiger partial charge in [-0.1, -0.05) is 78.5 Å². The summed E-state index contributed by atoms with van der Waals surface area (Å²) in [4.78, 5) is 34.4. The molecule has 0 saturated carbocycles. The number of rotatable bonds is 5.